The van der Waals surface area contributed by atoms with Gasteiger partial charge in [-0.15, -0.1) is 0 Å². The van der Waals surface area contributed by atoms with Gasteiger partial charge in [0.15, 0.2) is 0 Å². The number of anilines is 2. The Bertz CT molecular complexity index is 892. The first-order valence-corrected chi connectivity index (χ1v) is 10.4. The molecule has 0 spiro atoms. The van der Waals surface area contributed by atoms with E-state index in [0.717, 1.165) is 24.1 Å². The number of aryl methyl sites for hydroxylation is 1. The summed E-state index contributed by atoms with van der Waals surface area (Å²) in [5.41, 5.74) is 2.42. The van der Waals surface area contributed by atoms with Gasteiger partial charge >= 0.3 is 0 Å². The molecular formula is C20H24N2O3S. The van der Waals surface area contributed by atoms with Gasteiger partial charge in [-0.1, -0.05) is 12.1 Å². The average molecular weight is 372 g/mol. The Labute approximate surface area is 155 Å². The lowest BCUT2D eigenvalue weighted by Gasteiger charge is -2.27. The van der Waals surface area contributed by atoms with Crippen LogP contribution in [0.5, 0.6) is 0 Å². The van der Waals surface area contributed by atoms with Crippen molar-refractivity contribution in [1.29, 1.82) is 0 Å². The number of nitrogens with zero attached hydrogens (tertiary/aromatic N) is 2. The van der Waals surface area contributed by atoms with E-state index in [4.69, 9.17) is 0 Å². The molecule has 6 heteroatoms. The number of hydrogen-bond donors (Lipinski definition) is 0. The molecule has 138 valence electrons. The van der Waals surface area contributed by atoms with E-state index in [9.17, 15) is 13.2 Å². The highest BCUT2D eigenvalue weighted by atomic mass is 32.2. The van der Waals surface area contributed by atoms with E-state index in [1.54, 1.807) is 35.2 Å². The third-order valence-corrected chi connectivity index (χ3v) is 6.55. The van der Waals surface area contributed by atoms with E-state index in [2.05, 4.69) is 0 Å². The van der Waals surface area contributed by atoms with Crippen LogP contribution in [-0.4, -0.2) is 27.4 Å². The maximum Gasteiger partial charge on any atom is 0.264 e. The van der Waals surface area contributed by atoms with Crippen molar-refractivity contribution in [3.05, 3.63) is 54.1 Å². The molecule has 2 aromatic rings. The highest BCUT2D eigenvalue weighted by Crippen LogP contribution is 2.27. The van der Waals surface area contributed by atoms with Crippen molar-refractivity contribution in [3.8, 4) is 0 Å². The summed E-state index contributed by atoms with van der Waals surface area (Å²) in [4.78, 5) is 14.0. The molecule has 1 amide bonds. The third kappa shape index (κ3) is 3.60. The molecule has 0 N–H and O–H groups in total. The molecule has 3 rings (SSSR count). The highest BCUT2D eigenvalue weighted by Gasteiger charge is 2.25. The van der Waals surface area contributed by atoms with Crippen LogP contribution in [0.2, 0.25) is 0 Å². The zero-order valence-electron chi connectivity index (χ0n) is 15.2. The summed E-state index contributed by atoms with van der Waals surface area (Å²) in [6.45, 7) is 4.79. The van der Waals surface area contributed by atoms with Crippen molar-refractivity contribution < 1.29 is 13.2 Å². The molecule has 0 bridgehead atoms. The third-order valence-electron chi connectivity index (χ3n) is 4.64. The Kier molecular flexibility index (Phi) is 5.32. The van der Waals surface area contributed by atoms with Gasteiger partial charge in [0.25, 0.3) is 10.0 Å². The number of piperidine rings is 1. The quantitative estimate of drug-likeness (QED) is 0.804. The van der Waals surface area contributed by atoms with Gasteiger partial charge in [-0.25, -0.2) is 8.42 Å². The van der Waals surface area contributed by atoms with Gasteiger partial charge in [0.2, 0.25) is 5.91 Å². The summed E-state index contributed by atoms with van der Waals surface area (Å²) in [6.07, 6.45) is 2.45. The van der Waals surface area contributed by atoms with E-state index in [1.165, 1.54) is 4.31 Å². The topological polar surface area (TPSA) is 57.7 Å². The van der Waals surface area contributed by atoms with Crippen molar-refractivity contribution in [3.63, 3.8) is 0 Å². The van der Waals surface area contributed by atoms with E-state index in [1.807, 2.05) is 32.0 Å². The molecule has 1 aliphatic rings. The highest BCUT2D eigenvalue weighted by molar-refractivity contribution is 7.92. The van der Waals surface area contributed by atoms with Crippen molar-refractivity contribution >= 4 is 27.3 Å². The van der Waals surface area contributed by atoms with Crippen LogP contribution in [0.25, 0.3) is 0 Å². The lowest BCUT2D eigenvalue weighted by molar-refractivity contribution is -0.119. The fraction of sp³-hybridized carbons (Fsp3) is 0.350. The van der Waals surface area contributed by atoms with Gasteiger partial charge in [-0.05, 0) is 68.7 Å². The predicted octanol–water partition coefficient (Wildman–Crippen LogP) is 3.73. The lowest BCUT2D eigenvalue weighted by Crippen LogP contribution is -2.35. The Hall–Kier alpha value is -2.34. The predicted molar refractivity (Wildman–Crippen MR) is 104 cm³/mol. The summed E-state index contributed by atoms with van der Waals surface area (Å²) in [5, 5.41) is 0. The Balaban J connectivity index is 1.90. The van der Waals surface area contributed by atoms with Crippen molar-refractivity contribution in [2.75, 3.05) is 22.3 Å². The van der Waals surface area contributed by atoms with Crippen LogP contribution in [0.4, 0.5) is 11.4 Å². The monoisotopic (exact) mass is 372 g/mol. The second kappa shape index (κ2) is 7.50. The van der Waals surface area contributed by atoms with Crippen molar-refractivity contribution in [1.82, 2.24) is 0 Å². The molecule has 0 unspecified atom stereocenters. The molecule has 2 aromatic carbocycles. The molecule has 0 radical (unpaired) electrons. The summed E-state index contributed by atoms with van der Waals surface area (Å²) >= 11 is 0. The normalized spacial score (nSPS) is 15.2. The minimum atomic E-state index is -3.65. The van der Waals surface area contributed by atoms with Gasteiger partial charge in [0.05, 0.1) is 10.6 Å². The second-order valence-corrected chi connectivity index (χ2v) is 8.37. The van der Waals surface area contributed by atoms with Gasteiger partial charge in [-0.2, -0.15) is 0 Å². The van der Waals surface area contributed by atoms with Gasteiger partial charge in [0.1, 0.15) is 0 Å². The number of rotatable bonds is 5. The maximum absolute atomic E-state index is 13.1. The Morgan fingerprint density at radius 3 is 2.42 bits per heavy atom. The van der Waals surface area contributed by atoms with Gasteiger partial charge in [-0.3, -0.25) is 9.10 Å². The summed E-state index contributed by atoms with van der Waals surface area (Å²) < 4.78 is 27.5. The molecule has 0 aliphatic carbocycles. The SMILES string of the molecule is CCN(c1cccc(C)c1)S(=O)(=O)c1ccc(N2CCCCC2=O)cc1. The number of sulfonamides is 1. The maximum atomic E-state index is 13.1. The molecule has 0 aromatic heterocycles. The zero-order valence-corrected chi connectivity index (χ0v) is 16.0. The fourth-order valence-corrected chi connectivity index (χ4v) is 4.74. The van der Waals surface area contributed by atoms with Crippen LogP contribution in [0, 0.1) is 6.92 Å². The number of benzene rings is 2. The molecule has 0 atom stereocenters. The molecular weight excluding hydrogens is 348 g/mol. The number of carbonyl (C=O) groups excluding carboxylic acids is 1. The Morgan fingerprint density at radius 2 is 1.81 bits per heavy atom. The molecule has 1 aliphatic heterocycles. The largest absolute Gasteiger partial charge is 0.312 e. The minimum Gasteiger partial charge on any atom is -0.312 e. The standard InChI is InChI=1S/C20H24N2O3S/c1-3-22(18-8-6-7-16(2)15-18)26(24,25)19-12-10-17(11-13-19)21-14-5-4-9-20(21)23/h6-8,10-13,15H,3-5,9,14H2,1-2H3. The van der Waals surface area contributed by atoms with Crippen molar-refractivity contribution in [2.24, 2.45) is 0 Å². The van der Waals surface area contributed by atoms with Crippen LogP contribution < -0.4 is 9.21 Å². The first kappa shape index (κ1) is 18.5. The van der Waals surface area contributed by atoms with E-state index in [0.29, 0.717) is 25.2 Å². The molecule has 1 heterocycles. The summed E-state index contributed by atoms with van der Waals surface area (Å²) in [7, 11) is -3.65. The van der Waals surface area contributed by atoms with E-state index in [-0.39, 0.29) is 10.8 Å². The molecule has 5 nitrogen and oxygen atoms in total. The van der Waals surface area contributed by atoms with Crippen LogP contribution >= 0.6 is 0 Å². The van der Waals surface area contributed by atoms with Crippen LogP contribution in [0.3, 0.4) is 0 Å². The smallest absolute Gasteiger partial charge is 0.264 e. The Morgan fingerprint density at radius 1 is 1.08 bits per heavy atom. The molecule has 1 fully saturated rings. The van der Waals surface area contributed by atoms with Gasteiger partial charge in [0, 0.05) is 25.2 Å². The lowest BCUT2D eigenvalue weighted by atomic mass is 10.1. The van der Waals surface area contributed by atoms with Gasteiger partial charge < -0.3 is 4.90 Å². The van der Waals surface area contributed by atoms with E-state index < -0.39 is 10.0 Å². The zero-order chi connectivity index (χ0) is 18.7. The van der Waals surface area contributed by atoms with Crippen molar-refractivity contribution in [2.45, 2.75) is 38.0 Å². The molecule has 0 saturated carbocycles. The number of carbonyl (C=O) groups is 1. The summed E-state index contributed by atoms with van der Waals surface area (Å²) in [5.74, 6) is 0.0989. The van der Waals surface area contributed by atoms with Crippen LogP contribution in [0.1, 0.15) is 31.7 Å². The first-order valence-electron chi connectivity index (χ1n) is 8.93. The summed E-state index contributed by atoms with van der Waals surface area (Å²) in [6, 6.07) is 14.1. The number of hydrogen-bond acceptors (Lipinski definition) is 3. The van der Waals surface area contributed by atoms with Crippen LogP contribution in [0.15, 0.2) is 53.4 Å². The number of amides is 1. The minimum absolute atomic E-state index is 0.0989. The average Bonchev–Trinajstić information content (AvgIpc) is 2.63. The van der Waals surface area contributed by atoms with E-state index >= 15 is 0 Å². The molecule has 26 heavy (non-hydrogen) atoms. The molecule has 1 saturated heterocycles. The second-order valence-electron chi connectivity index (χ2n) is 6.51. The first-order chi connectivity index (χ1) is 12.4. The van der Waals surface area contributed by atoms with Crippen LogP contribution in [-0.2, 0) is 14.8 Å². The fourth-order valence-electron chi connectivity index (χ4n) is 3.28.